The molecule has 8 heteroatoms. The third-order valence-electron chi connectivity index (χ3n) is 4.35. The van der Waals surface area contributed by atoms with Gasteiger partial charge in [0.2, 0.25) is 10.0 Å². The van der Waals surface area contributed by atoms with Gasteiger partial charge in [-0.3, -0.25) is 9.10 Å². The molecule has 0 bridgehead atoms. The van der Waals surface area contributed by atoms with E-state index in [1.807, 2.05) is 31.2 Å². The maximum atomic E-state index is 13.1. The van der Waals surface area contributed by atoms with E-state index in [1.54, 1.807) is 6.92 Å². The zero-order valence-electron chi connectivity index (χ0n) is 16.8. The van der Waals surface area contributed by atoms with Gasteiger partial charge in [-0.2, -0.15) is 0 Å². The highest BCUT2D eigenvalue weighted by molar-refractivity contribution is 7.92. The van der Waals surface area contributed by atoms with Gasteiger partial charge in [-0.05, 0) is 31.0 Å². The Morgan fingerprint density at radius 2 is 1.68 bits per heavy atom. The number of benzene rings is 2. The van der Waals surface area contributed by atoms with Crippen LogP contribution in [0.15, 0.2) is 36.4 Å². The molecule has 152 valence electrons. The number of sulfonamides is 1. The second-order valence-corrected chi connectivity index (χ2v) is 8.02. The molecule has 7 nitrogen and oxygen atoms in total. The molecule has 0 atom stereocenters. The van der Waals surface area contributed by atoms with E-state index in [0.29, 0.717) is 17.2 Å². The lowest BCUT2D eigenvalue weighted by Gasteiger charge is -2.24. The Bertz CT molecular complexity index is 957. The van der Waals surface area contributed by atoms with E-state index in [2.05, 4.69) is 5.32 Å². The first-order chi connectivity index (χ1) is 13.3. The standard InChI is InChI=1S/C20H26N2O5S/c1-6-14-10-8-9-11-16(14)21-20(23)15-12-18(26-3)19(27-4)13-17(15)22(7-2)28(5,24)25/h8-13H,6-7H2,1-5H3,(H,21,23). The molecule has 0 fully saturated rings. The molecular formula is C20H26N2O5S. The van der Waals surface area contributed by atoms with Gasteiger partial charge in [-0.25, -0.2) is 8.42 Å². The van der Waals surface area contributed by atoms with Crippen molar-refractivity contribution in [2.24, 2.45) is 0 Å². The highest BCUT2D eigenvalue weighted by atomic mass is 32.2. The van der Waals surface area contributed by atoms with Crippen molar-refractivity contribution >= 4 is 27.3 Å². The van der Waals surface area contributed by atoms with Crippen molar-refractivity contribution in [2.75, 3.05) is 36.6 Å². The summed E-state index contributed by atoms with van der Waals surface area (Å²) < 4.78 is 36.3. The molecule has 0 unspecified atom stereocenters. The average Bonchev–Trinajstić information content (AvgIpc) is 2.67. The number of methoxy groups -OCH3 is 2. The Morgan fingerprint density at radius 1 is 1.07 bits per heavy atom. The summed E-state index contributed by atoms with van der Waals surface area (Å²) in [6, 6.07) is 10.5. The predicted octanol–water partition coefficient (Wildman–Crippen LogP) is 3.30. The molecule has 0 aliphatic rings. The van der Waals surface area contributed by atoms with Gasteiger partial charge in [0, 0.05) is 18.3 Å². The van der Waals surface area contributed by atoms with Crippen LogP contribution in [-0.4, -0.2) is 41.3 Å². The van der Waals surface area contributed by atoms with E-state index in [4.69, 9.17) is 9.47 Å². The van der Waals surface area contributed by atoms with Crippen LogP contribution < -0.4 is 19.1 Å². The van der Waals surface area contributed by atoms with Crippen LogP contribution in [0.4, 0.5) is 11.4 Å². The maximum Gasteiger partial charge on any atom is 0.257 e. The Labute approximate surface area is 166 Å². The minimum absolute atomic E-state index is 0.167. The normalized spacial score (nSPS) is 11.0. The van der Waals surface area contributed by atoms with Crippen LogP contribution in [0.25, 0.3) is 0 Å². The number of carbonyl (C=O) groups excluding carboxylic acids is 1. The van der Waals surface area contributed by atoms with Crippen molar-refractivity contribution in [2.45, 2.75) is 20.3 Å². The smallest absolute Gasteiger partial charge is 0.257 e. The van der Waals surface area contributed by atoms with Crippen LogP contribution in [0.5, 0.6) is 11.5 Å². The number of hydrogen-bond donors (Lipinski definition) is 1. The molecule has 0 aliphatic carbocycles. The molecule has 1 N–H and O–H groups in total. The fourth-order valence-corrected chi connectivity index (χ4v) is 3.96. The summed E-state index contributed by atoms with van der Waals surface area (Å²) >= 11 is 0. The van der Waals surface area contributed by atoms with Crippen molar-refractivity contribution in [1.29, 1.82) is 0 Å². The number of nitrogens with zero attached hydrogens (tertiary/aromatic N) is 1. The first-order valence-corrected chi connectivity index (χ1v) is 10.7. The summed E-state index contributed by atoms with van der Waals surface area (Å²) in [4.78, 5) is 13.1. The third-order valence-corrected chi connectivity index (χ3v) is 5.60. The molecule has 2 aromatic rings. The Balaban J connectivity index is 2.61. The molecule has 28 heavy (non-hydrogen) atoms. The highest BCUT2D eigenvalue weighted by Gasteiger charge is 2.25. The molecule has 0 saturated carbocycles. The van der Waals surface area contributed by atoms with Gasteiger partial charge in [-0.1, -0.05) is 25.1 Å². The molecule has 0 heterocycles. The molecule has 1 amide bonds. The lowest BCUT2D eigenvalue weighted by molar-refractivity contribution is 0.102. The predicted molar refractivity (Wildman–Crippen MR) is 111 cm³/mol. The van der Waals surface area contributed by atoms with Gasteiger partial charge in [0.1, 0.15) is 0 Å². The number of hydrogen-bond acceptors (Lipinski definition) is 5. The molecular weight excluding hydrogens is 380 g/mol. The van der Waals surface area contributed by atoms with Crippen molar-refractivity contribution in [3.63, 3.8) is 0 Å². The highest BCUT2D eigenvalue weighted by Crippen LogP contribution is 2.36. The Hall–Kier alpha value is -2.74. The van der Waals surface area contributed by atoms with Crippen molar-refractivity contribution < 1.29 is 22.7 Å². The summed E-state index contributed by atoms with van der Waals surface area (Å²) in [6.07, 6.45) is 1.85. The summed E-state index contributed by atoms with van der Waals surface area (Å²) in [5.41, 5.74) is 2.07. The first-order valence-electron chi connectivity index (χ1n) is 8.89. The summed E-state index contributed by atoms with van der Waals surface area (Å²) in [5.74, 6) is 0.244. The van der Waals surface area contributed by atoms with Gasteiger partial charge >= 0.3 is 0 Å². The number of aryl methyl sites for hydroxylation is 1. The first kappa shape index (κ1) is 21.6. The molecule has 0 radical (unpaired) electrons. The fourth-order valence-electron chi connectivity index (χ4n) is 2.98. The minimum atomic E-state index is -3.60. The molecule has 2 rings (SSSR count). The lowest BCUT2D eigenvalue weighted by Crippen LogP contribution is -2.31. The van der Waals surface area contributed by atoms with Crippen LogP contribution in [0.2, 0.25) is 0 Å². The van der Waals surface area contributed by atoms with Gasteiger partial charge < -0.3 is 14.8 Å². The van der Waals surface area contributed by atoms with E-state index >= 15 is 0 Å². The molecule has 0 saturated heterocycles. The molecule has 0 spiro atoms. The molecule has 0 aliphatic heterocycles. The Kier molecular flexibility index (Phi) is 6.90. The van der Waals surface area contributed by atoms with Crippen LogP contribution >= 0.6 is 0 Å². The lowest BCUT2D eigenvalue weighted by atomic mass is 10.1. The maximum absolute atomic E-state index is 13.1. The fraction of sp³-hybridized carbons (Fsp3) is 0.350. The number of rotatable bonds is 8. The topological polar surface area (TPSA) is 84.9 Å². The van der Waals surface area contributed by atoms with Gasteiger partial charge in [-0.15, -0.1) is 0 Å². The number of ether oxygens (including phenoxy) is 2. The van der Waals surface area contributed by atoms with Gasteiger partial charge in [0.25, 0.3) is 5.91 Å². The molecule has 0 aromatic heterocycles. The number of anilines is 2. The largest absolute Gasteiger partial charge is 0.493 e. The summed E-state index contributed by atoms with van der Waals surface area (Å²) in [6.45, 7) is 3.86. The molecule has 2 aromatic carbocycles. The second-order valence-electron chi connectivity index (χ2n) is 6.12. The van der Waals surface area contributed by atoms with E-state index in [1.165, 1.54) is 26.4 Å². The quantitative estimate of drug-likeness (QED) is 0.727. The van der Waals surface area contributed by atoms with E-state index in [0.717, 1.165) is 22.5 Å². The number of amides is 1. The van der Waals surface area contributed by atoms with Crippen LogP contribution in [0, 0.1) is 0 Å². The van der Waals surface area contributed by atoms with E-state index in [9.17, 15) is 13.2 Å². The van der Waals surface area contributed by atoms with Crippen LogP contribution in [0.3, 0.4) is 0 Å². The summed E-state index contributed by atoms with van der Waals surface area (Å²) in [5, 5.41) is 2.88. The van der Waals surface area contributed by atoms with Gasteiger partial charge in [0.15, 0.2) is 11.5 Å². The van der Waals surface area contributed by atoms with Crippen molar-refractivity contribution in [1.82, 2.24) is 0 Å². The van der Waals surface area contributed by atoms with Gasteiger partial charge in [0.05, 0.1) is 31.7 Å². The Morgan fingerprint density at radius 3 is 2.21 bits per heavy atom. The van der Waals surface area contributed by atoms with Crippen molar-refractivity contribution in [3.05, 3.63) is 47.5 Å². The zero-order valence-corrected chi connectivity index (χ0v) is 17.6. The zero-order chi connectivity index (χ0) is 20.9. The second kappa shape index (κ2) is 8.97. The van der Waals surface area contributed by atoms with Crippen LogP contribution in [-0.2, 0) is 16.4 Å². The average molecular weight is 407 g/mol. The minimum Gasteiger partial charge on any atom is -0.493 e. The van der Waals surface area contributed by atoms with E-state index < -0.39 is 15.9 Å². The number of para-hydroxylation sites is 1. The monoisotopic (exact) mass is 406 g/mol. The van der Waals surface area contributed by atoms with Crippen LogP contribution in [0.1, 0.15) is 29.8 Å². The third kappa shape index (κ3) is 4.56. The SMILES string of the molecule is CCc1ccccc1NC(=O)c1cc(OC)c(OC)cc1N(CC)S(C)(=O)=O. The number of carbonyl (C=O) groups is 1. The van der Waals surface area contributed by atoms with E-state index in [-0.39, 0.29) is 17.8 Å². The number of nitrogens with one attached hydrogen (secondary N) is 1. The summed E-state index contributed by atoms with van der Waals surface area (Å²) in [7, 11) is -0.685. The van der Waals surface area contributed by atoms with Crippen molar-refractivity contribution in [3.8, 4) is 11.5 Å².